The average Bonchev–Trinajstić information content (AvgIpc) is 2.42. The second-order valence-electron chi connectivity index (χ2n) is 4.01. The number of nitrogens with two attached hydrogens (primary N) is 1. The highest BCUT2D eigenvalue weighted by molar-refractivity contribution is 5.78. The Hall–Kier alpha value is -0.610. The summed E-state index contributed by atoms with van der Waals surface area (Å²) in [7, 11) is 0. The maximum absolute atomic E-state index is 10.6. The average molecular weight is 200 g/mol. The van der Waals surface area contributed by atoms with E-state index in [0.29, 0.717) is 12.6 Å². The van der Waals surface area contributed by atoms with Crippen LogP contribution < -0.4 is 11.1 Å². The van der Waals surface area contributed by atoms with Crippen LogP contribution in [0.25, 0.3) is 0 Å². The minimum Gasteiger partial charge on any atom is -0.382 e. The zero-order valence-electron chi connectivity index (χ0n) is 8.54. The molecule has 0 aromatic rings. The predicted octanol–water partition coefficient (Wildman–Crippen LogP) is 0.145. The summed E-state index contributed by atoms with van der Waals surface area (Å²) in [5, 5.41) is 12.4. The van der Waals surface area contributed by atoms with Crippen molar-refractivity contribution in [3.8, 4) is 0 Å². The lowest BCUT2D eigenvalue weighted by Crippen LogP contribution is -2.41. The van der Waals surface area contributed by atoms with E-state index in [4.69, 9.17) is 5.73 Å². The van der Waals surface area contributed by atoms with Crippen molar-refractivity contribution in [3.05, 3.63) is 0 Å². The fourth-order valence-electron chi connectivity index (χ4n) is 1.86. The maximum Gasteiger partial charge on any atom is 0.247 e. The summed E-state index contributed by atoms with van der Waals surface area (Å²) >= 11 is 0. The standard InChI is InChI=1S/C10H20N2O2/c11-10(14)9(13)7-12-8-5-3-1-2-4-6-8/h8-9,12-13H,1-7H2,(H2,11,14). The van der Waals surface area contributed by atoms with Crippen molar-refractivity contribution < 1.29 is 9.90 Å². The quantitative estimate of drug-likeness (QED) is 0.565. The number of primary amides is 1. The lowest BCUT2D eigenvalue weighted by Gasteiger charge is -2.17. The Labute approximate surface area is 84.9 Å². The van der Waals surface area contributed by atoms with Gasteiger partial charge in [-0.05, 0) is 12.8 Å². The van der Waals surface area contributed by atoms with Gasteiger partial charge in [-0.2, -0.15) is 0 Å². The van der Waals surface area contributed by atoms with Crippen molar-refractivity contribution in [1.82, 2.24) is 5.32 Å². The lowest BCUT2D eigenvalue weighted by atomic mass is 10.1. The lowest BCUT2D eigenvalue weighted by molar-refractivity contribution is -0.125. The third-order valence-corrected chi connectivity index (χ3v) is 2.78. The molecule has 0 aromatic carbocycles. The van der Waals surface area contributed by atoms with Crippen LogP contribution in [0, 0.1) is 0 Å². The molecule has 4 heteroatoms. The molecular formula is C10H20N2O2. The zero-order valence-corrected chi connectivity index (χ0v) is 8.54. The van der Waals surface area contributed by atoms with Crippen molar-refractivity contribution in [2.45, 2.75) is 50.7 Å². The molecule has 1 unspecified atom stereocenters. The molecule has 1 fully saturated rings. The molecule has 1 aliphatic rings. The Morgan fingerprint density at radius 2 is 1.93 bits per heavy atom. The predicted molar refractivity (Wildman–Crippen MR) is 54.7 cm³/mol. The second kappa shape index (κ2) is 5.98. The summed E-state index contributed by atoms with van der Waals surface area (Å²) in [6.45, 7) is 0.292. The van der Waals surface area contributed by atoms with E-state index >= 15 is 0 Å². The molecule has 1 aliphatic carbocycles. The third-order valence-electron chi connectivity index (χ3n) is 2.78. The fraction of sp³-hybridized carbons (Fsp3) is 0.900. The number of aliphatic hydroxyl groups is 1. The van der Waals surface area contributed by atoms with Crippen LogP contribution in [-0.2, 0) is 4.79 Å². The first-order valence-corrected chi connectivity index (χ1v) is 5.41. The fourth-order valence-corrected chi connectivity index (χ4v) is 1.86. The number of nitrogens with one attached hydrogen (secondary N) is 1. The van der Waals surface area contributed by atoms with E-state index in [9.17, 15) is 9.90 Å². The van der Waals surface area contributed by atoms with Crippen molar-refractivity contribution in [3.63, 3.8) is 0 Å². The van der Waals surface area contributed by atoms with Gasteiger partial charge in [0.1, 0.15) is 6.10 Å². The van der Waals surface area contributed by atoms with Gasteiger partial charge in [-0.25, -0.2) is 0 Å². The van der Waals surface area contributed by atoms with Gasteiger partial charge in [0.15, 0.2) is 0 Å². The second-order valence-corrected chi connectivity index (χ2v) is 4.01. The van der Waals surface area contributed by atoms with Crippen molar-refractivity contribution in [2.24, 2.45) is 5.73 Å². The Balaban J connectivity index is 2.18. The number of carbonyl (C=O) groups is 1. The van der Waals surface area contributed by atoms with Crippen molar-refractivity contribution in [1.29, 1.82) is 0 Å². The molecule has 0 radical (unpaired) electrons. The summed E-state index contributed by atoms with van der Waals surface area (Å²) in [5.74, 6) is -0.647. The highest BCUT2D eigenvalue weighted by Crippen LogP contribution is 2.16. The number of rotatable bonds is 4. The summed E-state index contributed by atoms with van der Waals surface area (Å²) in [6.07, 6.45) is 6.33. The number of amides is 1. The van der Waals surface area contributed by atoms with E-state index in [1.165, 1.54) is 25.7 Å². The van der Waals surface area contributed by atoms with E-state index < -0.39 is 12.0 Å². The molecule has 0 aromatic heterocycles. The monoisotopic (exact) mass is 200 g/mol. The molecule has 0 spiro atoms. The first-order valence-electron chi connectivity index (χ1n) is 5.41. The van der Waals surface area contributed by atoms with Gasteiger partial charge >= 0.3 is 0 Å². The normalized spacial score (nSPS) is 21.5. The molecule has 14 heavy (non-hydrogen) atoms. The van der Waals surface area contributed by atoms with Gasteiger partial charge in [0.05, 0.1) is 0 Å². The minimum atomic E-state index is -1.04. The Morgan fingerprint density at radius 3 is 2.43 bits per heavy atom. The highest BCUT2D eigenvalue weighted by Gasteiger charge is 2.15. The summed E-state index contributed by atoms with van der Waals surface area (Å²) in [5.41, 5.74) is 4.95. The first kappa shape index (κ1) is 11.5. The molecule has 0 heterocycles. The van der Waals surface area contributed by atoms with Gasteiger partial charge in [0, 0.05) is 12.6 Å². The molecule has 1 amide bonds. The molecule has 4 N–H and O–H groups in total. The van der Waals surface area contributed by atoms with E-state index in [-0.39, 0.29) is 0 Å². The Kier molecular flexibility index (Phi) is 4.90. The van der Waals surface area contributed by atoms with Crippen LogP contribution in [0.3, 0.4) is 0 Å². The zero-order chi connectivity index (χ0) is 10.4. The van der Waals surface area contributed by atoms with E-state index in [1.54, 1.807) is 0 Å². The van der Waals surface area contributed by atoms with Gasteiger partial charge in [0.25, 0.3) is 0 Å². The van der Waals surface area contributed by atoms with Gasteiger partial charge in [-0.15, -0.1) is 0 Å². The van der Waals surface area contributed by atoms with Gasteiger partial charge in [-0.3, -0.25) is 4.79 Å². The van der Waals surface area contributed by atoms with Gasteiger partial charge in [0.2, 0.25) is 5.91 Å². The highest BCUT2D eigenvalue weighted by atomic mass is 16.3. The van der Waals surface area contributed by atoms with Crippen LogP contribution in [0.1, 0.15) is 38.5 Å². The molecule has 82 valence electrons. The van der Waals surface area contributed by atoms with E-state index in [0.717, 1.165) is 12.8 Å². The van der Waals surface area contributed by atoms with Crippen LogP contribution in [0.5, 0.6) is 0 Å². The van der Waals surface area contributed by atoms with Crippen LogP contribution in [0.2, 0.25) is 0 Å². The smallest absolute Gasteiger partial charge is 0.247 e. The molecule has 1 atom stereocenters. The van der Waals surface area contributed by atoms with E-state index in [2.05, 4.69) is 5.32 Å². The third kappa shape index (κ3) is 4.07. The summed E-state index contributed by atoms with van der Waals surface area (Å²) < 4.78 is 0. The van der Waals surface area contributed by atoms with Crippen molar-refractivity contribution in [2.75, 3.05) is 6.54 Å². The maximum atomic E-state index is 10.6. The first-order chi connectivity index (χ1) is 6.70. The molecule has 0 bridgehead atoms. The number of carbonyl (C=O) groups excluding carboxylic acids is 1. The van der Waals surface area contributed by atoms with Crippen LogP contribution in [0.4, 0.5) is 0 Å². The number of aliphatic hydroxyl groups excluding tert-OH is 1. The molecule has 0 saturated heterocycles. The largest absolute Gasteiger partial charge is 0.382 e. The van der Waals surface area contributed by atoms with Crippen molar-refractivity contribution >= 4 is 5.91 Å². The van der Waals surface area contributed by atoms with Gasteiger partial charge < -0.3 is 16.2 Å². The molecule has 1 rings (SSSR count). The Bertz CT molecular complexity index is 177. The van der Waals surface area contributed by atoms with Crippen LogP contribution >= 0.6 is 0 Å². The minimum absolute atomic E-state index is 0.292. The van der Waals surface area contributed by atoms with E-state index in [1.807, 2.05) is 0 Å². The number of hydrogen-bond donors (Lipinski definition) is 3. The topological polar surface area (TPSA) is 75.4 Å². The SMILES string of the molecule is NC(=O)C(O)CNC1CCCCCC1. The summed E-state index contributed by atoms with van der Waals surface area (Å²) in [6, 6.07) is 0.450. The van der Waals surface area contributed by atoms with Gasteiger partial charge in [-0.1, -0.05) is 25.7 Å². The van der Waals surface area contributed by atoms with Crippen LogP contribution in [-0.4, -0.2) is 29.7 Å². The van der Waals surface area contributed by atoms with Crippen LogP contribution in [0.15, 0.2) is 0 Å². The molecular weight excluding hydrogens is 180 g/mol. The molecule has 1 saturated carbocycles. The summed E-state index contributed by atoms with van der Waals surface area (Å²) in [4.78, 5) is 10.6. The molecule has 4 nitrogen and oxygen atoms in total. The Morgan fingerprint density at radius 1 is 1.36 bits per heavy atom. The number of hydrogen-bond acceptors (Lipinski definition) is 3. The molecule has 0 aliphatic heterocycles.